The number of hydrogen-bond acceptors (Lipinski definition) is 7. The molecule has 8 nitrogen and oxygen atoms in total. The first-order chi connectivity index (χ1) is 13.0. The standard InChI is InChI=1S/C19H31NO7/c21-15-11-25-17-16(15)26-12-18(17,22)19(27-20(23)24,13-7-3-1-4-8-13)14-9-5-2-6-10-14/h13-17,21-22H,1-12H2/t15-,16+,17-,18-/m0/s1. The largest absolute Gasteiger partial charge is 0.388 e. The Hall–Kier alpha value is -0.960. The minimum absolute atomic E-state index is 0.0710. The van der Waals surface area contributed by atoms with Crippen molar-refractivity contribution in [3.63, 3.8) is 0 Å². The average Bonchev–Trinajstić information content (AvgIpc) is 3.23. The highest BCUT2D eigenvalue weighted by atomic mass is 17.0. The van der Waals surface area contributed by atoms with Gasteiger partial charge in [-0.05, 0) is 37.5 Å². The number of aliphatic hydroxyl groups excluding tert-OH is 1. The predicted octanol–water partition coefficient (Wildman–Crippen LogP) is 1.98. The topological polar surface area (TPSA) is 111 Å². The van der Waals surface area contributed by atoms with E-state index in [0.717, 1.165) is 64.2 Å². The van der Waals surface area contributed by atoms with E-state index in [1.807, 2.05) is 0 Å². The van der Waals surface area contributed by atoms with Crippen LogP contribution in [0, 0.1) is 22.0 Å². The van der Waals surface area contributed by atoms with E-state index < -0.39 is 34.6 Å². The molecular formula is C19H31NO7. The summed E-state index contributed by atoms with van der Waals surface area (Å²) in [5.41, 5.74) is -2.98. The first-order valence-corrected chi connectivity index (χ1v) is 10.5. The number of ether oxygens (including phenoxy) is 2. The van der Waals surface area contributed by atoms with Crippen LogP contribution in [-0.2, 0) is 14.3 Å². The first-order valence-electron chi connectivity index (χ1n) is 10.5. The van der Waals surface area contributed by atoms with Gasteiger partial charge in [-0.3, -0.25) is 0 Å². The Bertz CT molecular complexity index is 528. The van der Waals surface area contributed by atoms with Crippen molar-refractivity contribution in [1.82, 2.24) is 0 Å². The minimum Gasteiger partial charge on any atom is -0.388 e. The molecule has 0 amide bonds. The Balaban J connectivity index is 1.79. The Kier molecular flexibility index (Phi) is 5.35. The molecule has 4 atom stereocenters. The molecule has 154 valence electrons. The molecule has 4 fully saturated rings. The summed E-state index contributed by atoms with van der Waals surface area (Å²) in [5.74, 6) is -0.234. The molecule has 0 aromatic heterocycles. The zero-order valence-corrected chi connectivity index (χ0v) is 15.8. The fourth-order valence-electron chi connectivity index (χ4n) is 6.30. The third-order valence-corrected chi connectivity index (χ3v) is 7.42. The van der Waals surface area contributed by atoms with Crippen molar-refractivity contribution in [1.29, 1.82) is 0 Å². The molecule has 2 saturated carbocycles. The van der Waals surface area contributed by atoms with Crippen LogP contribution in [0.2, 0.25) is 0 Å². The number of hydrogen-bond donors (Lipinski definition) is 2. The van der Waals surface area contributed by atoms with Crippen LogP contribution in [0.15, 0.2) is 0 Å². The Morgan fingerprint density at radius 2 is 1.56 bits per heavy atom. The lowest BCUT2D eigenvalue weighted by atomic mass is 9.58. The van der Waals surface area contributed by atoms with Gasteiger partial charge in [-0.2, -0.15) is 0 Å². The third-order valence-electron chi connectivity index (χ3n) is 7.42. The van der Waals surface area contributed by atoms with E-state index >= 15 is 0 Å². The quantitative estimate of drug-likeness (QED) is 0.550. The summed E-state index contributed by atoms with van der Waals surface area (Å²) in [6, 6.07) is 0. The van der Waals surface area contributed by atoms with Gasteiger partial charge in [0, 0.05) is 0 Å². The summed E-state index contributed by atoms with van der Waals surface area (Å²) in [4.78, 5) is 17.3. The number of rotatable bonds is 5. The van der Waals surface area contributed by atoms with Gasteiger partial charge in [-0.25, -0.2) is 0 Å². The highest BCUT2D eigenvalue weighted by Gasteiger charge is 2.71. The minimum atomic E-state index is -1.63. The molecule has 27 heavy (non-hydrogen) atoms. The third kappa shape index (κ3) is 3.05. The van der Waals surface area contributed by atoms with E-state index in [4.69, 9.17) is 14.3 Å². The molecule has 0 unspecified atom stereocenters. The van der Waals surface area contributed by atoms with Crippen LogP contribution in [-0.4, -0.2) is 58.0 Å². The van der Waals surface area contributed by atoms with E-state index in [2.05, 4.69) is 0 Å². The van der Waals surface area contributed by atoms with Crippen LogP contribution in [0.4, 0.5) is 0 Å². The normalized spacial score (nSPS) is 38.7. The maximum absolute atomic E-state index is 12.0. The van der Waals surface area contributed by atoms with E-state index in [1.54, 1.807) is 0 Å². The summed E-state index contributed by atoms with van der Waals surface area (Å²) >= 11 is 0. The lowest BCUT2D eigenvalue weighted by molar-refractivity contribution is -0.793. The van der Waals surface area contributed by atoms with Crippen LogP contribution in [0.1, 0.15) is 64.2 Å². The van der Waals surface area contributed by atoms with E-state index in [9.17, 15) is 20.3 Å². The van der Waals surface area contributed by atoms with Crippen LogP contribution in [0.25, 0.3) is 0 Å². The SMILES string of the molecule is O=[N+]([O-])OC(C1CCCCC1)(C1CCCCC1)[C@]1(O)CO[C@@H]2[C@@H](O)CO[C@@H]21. The van der Waals surface area contributed by atoms with Crippen molar-refractivity contribution in [2.24, 2.45) is 11.8 Å². The highest BCUT2D eigenvalue weighted by molar-refractivity contribution is 5.18. The summed E-state index contributed by atoms with van der Waals surface area (Å²) in [7, 11) is 0. The Labute approximate surface area is 159 Å². The monoisotopic (exact) mass is 385 g/mol. The molecule has 2 aliphatic carbocycles. The van der Waals surface area contributed by atoms with Crippen molar-refractivity contribution in [3.8, 4) is 0 Å². The zero-order chi connectivity index (χ0) is 19.1. The van der Waals surface area contributed by atoms with Crippen LogP contribution < -0.4 is 0 Å². The lowest BCUT2D eigenvalue weighted by Crippen LogP contribution is -2.70. The predicted molar refractivity (Wildman–Crippen MR) is 94.4 cm³/mol. The average molecular weight is 385 g/mol. The van der Waals surface area contributed by atoms with Gasteiger partial charge in [0.25, 0.3) is 5.09 Å². The van der Waals surface area contributed by atoms with Crippen molar-refractivity contribution in [2.45, 2.75) is 93.7 Å². The molecule has 4 rings (SSSR count). The highest BCUT2D eigenvalue weighted by Crippen LogP contribution is 2.55. The van der Waals surface area contributed by atoms with E-state index in [1.165, 1.54) is 0 Å². The first kappa shape index (κ1) is 19.4. The second kappa shape index (κ2) is 7.46. The molecule has 0 aromatic carbocycles. The fraction of sp³-hybridized carbons (Fsp3) is 1.00. The molecule has 2 saturated heterocycles. The van der Waals surface area contributed by atoms with Crippen molar-refractivity contribution < 1.29 is 29.6 Å². The molecule has 0 bridgehead atoms. The Morgan fingerprint density at radius 1 is 1.00 bits per heavy atom. The number of aliphatic hydroxyl groups is 2. The molecule has 8 heteroatoms. The van der Waals surface area contributed by atoms with Gasteiger partial charge in [0.15, 0.2) is 5.60 Å². The van der Waals surface area contributed by atoms with Gasteiger partial charge in [0.05, 0.1) is 13.2 Å². The van der Waals surface area contributed by atoms with E-state index in [-0.39, 0.29) is 25.0 Å². The lowest BCUT2D eigenvalue weighted by Gasteiger charge is -2.54. The van der Waals surface area contributed by atoms with Gasteiger partial charge in [0.1, 0.15) is 23.9 Å². The molecule has 2 heterocycles. The number of nitrogens with zero attached hydrogens (tertiary/aromatic N) is 1. The van der Waals surface area contributed by atoms with Crippen molar-refractivity contribution in [3.05, 3.63) is 10.1 Å². The maximum atomic E-state index is 12.0. The fourth-order valence-corrected chi connectivity index (χ4v) is 6.30. The summed E-state index contributed by atoms with van der Waals surface area (Å²) in [5, 5.41) is 33.1. The molecule has 2 aliphatic heterocycles. The van der Waals surface area contributed by atoms with E-state index in [0.29, 0.717) is 0 Å². The second-order valence-electron chi connectivity index (χ2n) is 8.80. The van der Waals surface area contributed by atoms with Gasteiger partial charge >= 0.3 is 0 Å². The zero-order valence-electron chi connectivity index (χ0n) is 15.8. The van der Waals surface area contributed by atoms with Gasteiger partial charge in [-0.15, -0.1) is 10.1 Å². The summed E-state index contributed by atoms with van der Waals surface area (Å²) < 4.78 is 11.5. The molecule has 4 aliphatic rings. The maximum Gasteiger partial charge on any atom is 0.295 e. The summed E-state index contributed by atoms with van der Waals surface area (Å²) in [6.07, 6.45) is 7.05. The molecular weight excluding hydrogens is 354 g/mol. The second-order valence-corrected chi connectivity index (χ2v) is 8.80. The molecule has 0 radical (unpaired) electrons. The summed E-state index contributed by atoms with van der Waals surface area (Å²) in [6.45, 7) is -0.0260. The van der Waals surface area contributed by atoms with Crippen LogP contribution in [0.3, 0.4) is 0 Å². The smallest absolute Gasteiger partial charge is 0.295 e. The van der Waals surface area contributed by atoms with Crippen molar-refractivity contribution in [2.75, 3.05) is 13.2 Å². The van der Waals surface area contributed by atoms with Crippen molar-refractivity contribution >= 4 is 0 Å². The van der Waals surface area contributed by atoms with Gasteiger partial charge < -0.3 is 24.5 Å². The molecule has 2 N–H and O–H groups in total. The molecule has 0 spiro atoms. The van der Waals surface area contributed by atoms with Crippen LogP contribution >= 0.6 is 0 Å². The van der Waals surface area contributed by atoms with Gasteiger partial charge in [-0.1, -0.05) is 38.5 Å². The van der Waals surface area contributed by atoms with Crippen LogP contribution in [0.5, 0.6) is 0 Å². The van der Waals surface area contributed by atoms with Gasteiger partial charge in [0.2, 0.25) is 0 Å². The number of fused-ring (bicyclic) bond motifs is 1. The molecule has 0 aromatic rings. The Morgan fingerprint density at radius 3 is 2.07 bits per heavy atom.